The monoisotopic (exact) mass is 440 g/mol. The number of aromatic nitrogens is 1. The molecule has 160 valence electrons. The van der Waals surface area contributed by atoms with Gasteiger partial charge in [0.15, 0.2) is 0 Å². The van der Waals surface area contributed by atoms with Gasteiger partial charge in [-0.05, 0) is 36.8 Å². The number of nitro groups is 1. The standard InChI is InChI=1S/C22H21FN4O3S/c1-15-21(31-20(24-15)14-16-2-4-17(23)5-3-16)22(28)26-12-10-25(11-13-26)18-6-8-19(9-7-18)27(29)30/h2-9H,10-14H2,1H3. The number of benzene rings is 2. The van der Waals surface area contributed by atoms with E-state index >= 15 is 0 Å². The highest BCUT2D eigenvalue weighted by molar-refractivity contribution is 7.13. The number of carbonyl (C=O) groups is 1. The number of carbonyl (C=O) groups excluding carboxylic acids is 1. The van der Waals surface area contributed by atoms with E-state index < -0.39 is 4.92 Å². The Kier molecular flexibility index (Phi) is 5.94. The second-order valence-electron chi connectivity index (χ2n) is 7.38. The van der Waals surface area contributed by atoms with E-state index in [2.05, 4.69) is 9.88 Å². The molecule has 0 spiro atoms. The number of nitrogens with zero attached hydrogens (tertiary/aromatic N) is 4. The maximum absolute atomic E-state index is 13.1. The average molecular weight is 441 g/mol. The SMILES string of the molecule is Cc1nc(Cc2ccc(F)cc2)sc1C(=O)N1CCN(c2ccc([N+](=O)[O-])cc2)CC1. The summed E-state index contributed by atoms with van der Waals surface area (Å²) in [6, 6.07) is 12.8. The average Bonchev–Trinajstić information content (AvgIpc) is 3.15. The van der Waals surface area contributed by atoms with Crippen LogP contribution in [0.15, 0.2) is 48.5 Å². The van der Waals surface area contributed by atoms with Crippen molar-refractivity contribution in [1.29, 1.82) is 0 Å². The van der Waals surface area contributed by atoms with E-state index in [1.807, 2.05) is 11.8 Å². The lowest BCUT2D eigenvalue weighted by Crippen LogP contribution is -2.48. The van der Waals surface area contributed by atoms with E-state index in [0.717, 1.165) is 16.3 Å². The molecule has 2 heterocycles. The lowest BCUT2D eigenvalue weighted by atomic mass is 10.1. The van der Waals surface area contributed by atoms with Crippen LogP contribution in [0.5, 0.6) is 0 Å². The van der Waals surface area contributed by atoms with Crippen molar-refractivity contribution in [2.24, 2.45) is 0 Å². The van der Waals surface area contributed by atoms with Gasteiger partial charge >= 0.3 is 0 Å². The molecule has 0 bridgehead atoms. The molecule has 0 N–H and O–H groups in total. The van der Waals surface area contributed by atoms with Crippen LogP contribution in [-0.2, 0) is 6.42 Å². The van der Waals surface area contributed by atoms with Crippen LogP contribution in [-0.4, -0.2) is 46.9 Å². The first-order chi connectivity index (χ1) is 14.9. The molecule has 4 rings (SSSR count). The Bertz CT molecular complexity index is 1090. The number of amides is 1. The van der Waals surface area contributed by atoms with E-state index in [9.17, 15) is 19.3 Å². The van der Waals surface area contributed by atoms with Crippen molar-refractivity contribution in [1.82, 2.24) is 9.88 Å². The third-order valence-corrected chi connectivity index (χ3v) is 6.44. The van der Waals surface area contributed by atoms with Crippen LogP contribution in [0.1, 0.15) is 25.9 Å². The maximum Gasteiger partial charge on any atom is 0.269 e. The fourth-order valence-corrected chi connectivity index (χ4v) is 4.67. The summed E-state index contributed by atoms with van der Waals surface area (Å²) in [6.45, 7) is 4.29. The summed E-state index contributed by atoms with van der Waals surface area (Å²) in [5.74, 6) is -0.300. The van der Waals surface area contributed by atoms with Gasteiger partial charge in [-0.15, -0.1) is 11.3 Å². The molecule has 3 aromatic rings. The molecule has 0 radical (unpaired) electrons. The van der Waals surface area contributed by atoms with Crippen LogP contribution in [0.3, 0.4) is 0 Å². The third-order valence-electron chi connectivity index (χ3n) is 5.30. The second kappa shape index (κ2) is 8.81. The van der Waals surface area contributed by atoms with Gasteiger partial charge in [0, 0.05) is 50.4 Å². The molecule has 1 aliphatic rings. The van der Waals surface area contributed by atoms with Crippen LogP contribution in [0.2, 0.25) is 0 Å². The summed E-state index contributed by atoms with van der Waals surface area (Å²) in [6.07, 6.45) is 0.562. The summed E-state index contributed by atoms with van der Waals surface area (Å²) in [7, 11) is 0. The quantitative estimate of drug-likeness (QED) is 0.442. The number of anilines is 1. The number of thiazole rings is 1. The molecule has 0 saturated carbocycles. The van der Waals surface area contributed by atoms with Gasteiger partial charge in [0.25, 0.3) is 11.6 Å². The summed E-state index contributed by atoms with van der Waals surface area (Å²) >= 11 is 1.39. The maximum atomic E-state index is 13.1. The number of piperazine rings is 1. The Hall–Kier alpha value is -3.33. The zero-order valence-electron chi connectivity index (χ0n) is 17.0. The zero-order chi connectivity index (χ0) is 22.0. The second-order valence-corrected chi connectivity index (χ2v) is 8.46. The van der Waals surface area contributed by atoms with E-state index in [1.54, 1.807) is 24.3 Å². The molecule has 2 aromatic carbocycles. The molecule has 7 nitrogen and oxygen atoms in total. The predicted octanol–water partition coefficient (Wildman–Crippen LogP) is 4.05. The summed E-state index contributed by atoms with van der Waals surface area (Å²) in [5.41, 5.74) is 2.64. The summed E-state index contributed by atoms with van der Waals surface area (Å²) in [5, 5.41) is 11.6. The molecule has 1 aliphatic heterocycles. The van der Waals surface area contributed by atoms with Crippen molar-refractivity contribution in [3.05, 3.63) is 85.6 Å². The lowest BCUT2D eigenvalue weighted by Gasteiger charge is -2.36. The Labute approximate surface area is 182 Å². The van der Waals surface area contributed by atoms with E-state index in [0.29, 0.717) is 43.2 Å². The minimum Gasteiger partial charge on any atom is -0.368 e. The van der Waals surface area contributed by atoms with Crippen LogP contribution < -0.4 is 4.90 Å². The van der Waals surface area contributed by atoms with Crippen LogP contribution in [0.25, 0.3) is 0 Å². The summed E-state index contributed by atoms with van der Waals surface area (Å²) < 4.78 is 13.1. The molecule has 1 amide bonds. The Morgan fingerprint density at radius 1 is 1.10 bits per heavy atom. The van der Waals surface area contributed by atoms with Crippen molar-refractivity contribution in [3.8, 4) is 0 Å². The van der Waals surface area contributed by atoms with Gasteiger partial charge in [-0.1, -0.05) is 12.1 Å². The molecular formula is C22H21FN4O3S. The number of nitro benzene ring substituents is 1. The molecule has 1 saturated heterocycles. The molecule has 0 unspecified atom stereocenters. The molecule has 0 aliphatic carbocycles. The minimum absolute atomic E-state index is 0.0243. The van der Waals surface area contributed by atoms with Crippen LogP contribution in [0.4, 0.5) is 15.8 Å². The van der Waals surface area contributed by atoms with Gasteiger partial charge in [0.2, 0.25) is 0 Å². The predicted molar refractivity (Wildman–Crippen MR) is 117 cm³/mol. The minimum atomic E-state index is -0.415. The number of hydrogen-bond acceptors (Lipinski definition) is 6. The number of aryl methyl sites for hydroxylation is 1. The van der Waals surface area contributed by atoms with Gasteiger partial charge in [0.1, 0.15) is 10.7 Å². The van der Waals surface area contributed by atoms with E-state index in [4.69, 9.17) is 0 Å². The Balaban J connectivity index is 1.38. The number of rotatable bonds is 5. The number of halogens is 1. The van der Waals surface area contributed by atoms with E-state index in [1.165, 1.54) is 35.6 Å². The number of non-ortho nitro benzene ring substituents is 1. The summed E-state index contributed by atoms with van der Waals surface area (Å²) in [4.78, 5) is 32.6. The fraction of sp³-hybridized carbons (Fsp3) is 0.273. The van der Waals surface area contributed by atoms with Crippen LogP contribution in [0, 0.1) is 22.9 Å². The molecule has 0 atom stereocenters. The third kappa shape index (κ3) is 4.72. The Morgan fingerprint density at radius 2 is 1.74 bits per heavy atom. The van der Waals surface area contributed by atoms with Crippen molar-refractivity contribution in [3.63, 3.8) is 0 Å². The highest BCUT2D eigenvalue weighted by Gasteiger charge is 2.26. The van der Waals surface area contributed by atoms with Crippen molar-refractivity contribution >= 4 is 28.6 Å². The number of hydrogen-bond donors (Lipinski definition) is 0. The van der Waals surface area contributed by atoms with Gasteiger partial charge in [-0.2, -0.15) is 0 Å². The van der Waals surface area contributed by atoms with Crippen molar-refractivity contribution in [2.45, 2.75) is 13.3 Å². The largest absolute Gasteiger partial charge is 0.368 e. The first kappa shape index (κ1) is 20.9. The molecule has 1 aromatic heterocycles. The molecule has 1 fully saturated rings. The molecular weight excluding hydrogens is 419 g/mol. The normalized spacial score (nSPS) is 14.0. The molecule has 9 heteroatoms. The van der Waals surface area contributed by atoms with Crippen molar-refractivity contribution in [2.75, 3.05) is 31.1 Å². The van der Waals surface area contributed by atoms with Gasteiger partial charge < -0.3 is 9.80 Å². The highest BCUT2D eigenvalue weighted by atomic mass is 32.1. The molecule has 31 heavy (non-hydrogen) atoms. The van der Waals surface area contributed by atoms with E-state index in [-0.39, 0.29) is 17.4 Å². The lowest BCUT2D eigenvalue weighted by molar-refractivity contribution is -0.384. The smallest absolute Gasteiger partial charge is 0.269 e. The topological polar surface area (TPSA) is 79.6 Å². The first-order valence-corrected chi connectivity index (χ1v) is 10.7. The van der Waals surface area contributed by atoms with Crippen LogP contribution >= 0.6 is 11.3 Å². The van der Waals surface area contributed by atoms with Crippen molar-refractivity contribution < 1.29 is 14.1 Å². The highest BCUT2D eigenvalue weighted by Crippen LogP contribution is 2.25. The van der Waals surface area contributed by atoms with Gasteiger partial charge in [-0.3, -0.25) is 14.9 Å². The van der Waals surface area contributed by atoms with Gasteiger partial charge in [-0.25, -0.2) is 9.37 Å². The Morgan fingerprint density at radius 3 is 2.35 bits per heavy atom. The first-order valence-electron chi connectivity index (χ1n) is 9.90. The van der Waals surface area contributed by atoms with Gasteiger partial charge in [0.05, 0.1) is 15.6 Å². The zero-order valence-corrected chi connectivity index (χ0v) is 17.8. The fourth-order valence-electron chi connectivity index (χ4n) is 3.60.